The maximum atomic E-state index is 12.6. The van der Waals surface area contributed by atoms with Crippen molar-refractivity contribution in [3.05, 3.63) is 29.6 Å². The second kappa shape index (κ2) is 5.42. The summed E-state index contributed by atoms with van der Waals surface area (Å²) in [6, 6.07) is 2.88. The average Bonchev–Trinajstić information content (AvgIpc) is 2.94. The van der Waals surface area contributed by atoms with Gasteiger partial charge >= 0.3 is 5.97 Å². The molecule has 1 aromatic rings. The fourth-order valence-electron chi connectivity index (χ4n) is 2.79. The number of amides is 1. The lowest BCUT2D eigenvalue weighted by Gasteiger charge is -2.38. The third-order valence-corrected chi connectivity index (χ3v) is 3.76. The van der Waals surface area contributed by atoms with E-state index in [0.29, 0.717) is 26.3 Å². The highest BCUT2D eigenvalue weighted by Gasteiger charge is 2.42. The van der Waals surface area contributed by atoms with Crippen LogP contribution in [0.15, 0.2) is 18.3 Å². The minimum absolute atomic E-state index is 0.0416. The van der Waals surface area contributed by atoms with Gasteiger partial charge in [-0.3, -0.25) is 9.78 Å². The molecule has 2 fully saturated rings. The molecular weight excluding hydrogens is 276 g/mol. The molecule has 0 aliphatic carbocycles. The van der Waals surface area contributed by atoms with Crippen molar-refractivity contribution in [3.63, 3.8) is 0 Å². The predicted molar refractivity (Wildman–Crippen MR) is 71.0 cm³/mol. The van der Waals surface area contributed by atoms with E-state index < -0.39 is 17.7 Å². The highest BCUT2D eigenvalue weighted by Crippen LogP contribution is 2.30. The van der Waals surface area contributed by atoms with Crippen LogP contribution in [-0.2, 0) is 9.47 Å². The smallest absolute Gasteiger partial charge is 0.338 e. The third-order valence-electron chi connectivity index (χ3n) is 3.76. The van der Waals surface area contributed by atoms with Crippen molar-refractivity contribution in [2.24, 2.45) is 0 Å². The van der Waals surface area contributed by atoms with Crippen LogP contribution in [0.1, 0.15) is 33.7 Å². The molecule has 2 aliphatic heterocycles. The van der Waals surface area contributed by atoms with E-state index in [9.17, 15) is 9.59 Å². The van der Waals surface area contributed by atoms with Gasteiger partial charge in [0.25, 0.3) is 5.91 Å². The van der Waals surface area contributed by atoms with E-state index >= 15 is 0 Å². The summed E-state index contributed by atoms with van der Waals surface area (Å²) < 4.78 is 11.2. The number of piperidine rings is 1. The molecule has 0 radical (unpaired) electrons. The van der Waals surface area contributed by atoms with Crippen molar-refractivity contribution in [2.45, 2.75) is 18.6 Å². The predicted octanol–water partition coefficient (Wildman–Crippen LogP) is 0.759. The Kier molecular flexibility index (Phi) is 3.60. The van der Waals surface area contributed by atoms with E-state index in [1.54, 1.807) is 4.90 Å². The summed E-state index contributed by atoms with van der Waals surface area (Å²) in [5, 5.41) is 9.16. The van der Waals surface area contributed by atoms with Gasteiger partial charge in [-0.15, -0.1) is 0 Å². The number of likely N-dealkylation sites (tertiary alicyclic amines) is 1. The van der Waals surface area contributed by atoms with Crippen molar-refractivity contribution >= 4 is 11.9 Å². The number of nitrogens with zero attached hydrogens (tertiary/aromatic N) is 2. The topological polar surface area (TPSA) is 89.0 Å². The van der Waals surface area contributed by atoms with Gasteiger partial charge < -0.3 is 19.5 Å². The zero-order chi connectivity index (χ0) is 14.9. The molecule has 0 atom stereocenters. The lowest BCUT2D eigenvalue weighted by Crippen LogP contribution is -2.51. The fraction of sp³-hybridized carbons (Fsp3) is 0.500. The molecule has 2 saturated heterocycles. The van der Waals surface area contributed by atoms with Crippen LogP contribution >= 0.6 is 0 Å². The minimum atomic E-state index is -1.16. The van der Waals surface area contributed by atoms with E-state index in [2.05, 4.69) is 4.98 Å². The first-order valence-electron chi connectivity index (χ1n) is 6.87. The SMILES string of the molecule is O=C(O)c1cccnc1C(=O)N1CCCC2(C1)OCCO2. The molecule has 1 amide bonds. The van der Waals surface area contributed by atoms with Crippen molar-refractivity contribution in [1.82, 2.24) is 9.88 Å². The monoisotopic (exact) mass is 292 g/mol. The highest BCUT2D eigenvalue weighted by molar-refractivity contribution is 6.03. The Labute approximate surface area is 121 Å². The lowest BCUT2D eigenvalue weighted by atomic mass is 10.0. The van der Waals surface area contributed by atoms with Crippen molar-refractivity contribution in [3.8, 4) is 0 Å². The maximum absolute atomic E-state index is 12.6. The Bertz CT molecular complexity index is 568. The number of ether oxygens (including phenoxy) is 2. The van der Waals surface area contributed by atoms with Crippen LogP contribution in [0.4, 0.5) is 0 Å². The summed E-state index contributed by atoms with van der Waals surface area (Å²) in [7, 11) is 0. The standard InChI is InChI=1S/C14H16N2O5/c17-12(11-10(13(18)19)3-1-5-15-11)16-6-2-4-14(9-16)20-7-8-21-14/h1,3,5H,2,4,6-9H2,(H,18,19). The first kappa shape index (κ1) is 14.0. The van der Waals surface area contributed by atoms with Crippen LogP contribution in [0.5, 0.6) is 0 Å². The molecule has 0 bridgehead atoms. The number of pyridine rings is 1. The van der Waals surface area contributed by atoms with Gasteiger partial charge in [-0.1, -0.05) is 0 Å². The van der Waals surface area contributed by atoms with Gasteiger partial charge in [0.05, 0.1) is 25.3 Å². The Morgan fingerprint density at radius 3 is 2.81 bits per heavy atom. The van der Waals surface area contributed by atoms with Gasteiger partial charge in [0, 0.05) is 19.2 Å². The second-order valence-corrected chi connectivity index (χ2v) is 5.14. The van der Waals surface area contributed by atoms with Crippen LogP contribution in [0.3, 0.4) is 0 Å². The van der Waals surface area contributed by atoms with Gasteiger partial charge in [0.2, 0.25) is 0 Å². The van der Waals surface area contributed by atoms with Gasteiger partial charge in [-0.05, 0) is 18.6 Å². The number of aromatic carboxylic acids is 1. The Morgan fingerprint density at radius 1 is 1.33 bits per heavy atom. The largest absolute Gasteiger partial charge is 0.478 e. The van der Waals surface area contributed by atoms with Gasteiger partial charge in [0.15, 0.2) is 5.79 Å². The van der Waals surface area contributed by atoms with Crippen LogP contribution < -0.4 is 0 Å². The molecule has 1 spiro atoms. The zero-order valence-electron chi connectivity index (χ0n) is 11.4. The molecule has 1 N–H and O–H groups in total. The molecular formula is C14H16N2O5. The summed E-state index contributed by atoms with van der Waals surface area (Å²) in [5.74, 6) is -2.29. The van der Waals surface area contributed by atoms with E-state index in [0.717, 1.165) is 12.8 Å². The zero-order valence-corrected chi connectivity index (χ0v) is 11.4. The molecule has 0 aromatic carbocycles. The summed E-state index contributed by atoms with van der Waals surface area (Å²) >= 11 is 0. The highest BCUT2D eigenvalue weighted by atomic mass is 16.7. The normalized spacial score (nSPS) is 20.7. The molecule has 21 heavy (non-hydrogen) atoms. The lowest BCUT2D eigenvalue weighted by molar-refractivity contribution is -0.183. The third kappa shape index (κ3) is 2.62. The van der Waals surface area contributed by atoms with Crippen molar-refractivity contribution < 1.29 is 24.2 Å². The number of rotatable bonds is 2. The molecule has 7 nitrogen and oxygen atoms in total. The molecule has 3 heterocycles. The fourth-order valence-corrected chi connectivity index (χ4v) is 2.79. The van der Waals surface area contributed by atoms with Crippen molar-refractivity contribution in [1.29, 1.82) is 0 Å². The molecule has 7 heteroatoms. The van der Waals surface area contributed by atoms with Gasteiger partial charge in [-0.2, -0.15) is 0 Å². The molecule has 3 rings (SSSR count). The minimum Gasteiger partial charge on any atom is -0.478 e. The van der Waals surface area contributed by atoms with E-state index in [-0.39, 0.29) is 11.3 Å². The summed E-state index contributed by atoms with van der Waals surface area (Å²) in [4.78, 5) is 29.2. The summed E-state index contributed by atoms with van der Waals surface area (Å²) in [5.41, 5.74) is -0.129. The molecule has 1 aromatic heterocycles. The molecule has 112 valence electrons. The number of carbonyl (C=O) groups is 2. The van der Waals surface area contributed by atoms with E-state index in [1.165, 1.54) is 18.3 Å². The Balaban J connectivity index is 1.83. The maximum Gasteiger partial charge on any atom is 0.338 e. The van der Waals surface area contributed by atoms with Crippen LogP contribution in [0.2, 0.25) is 0 Å². The van der Waals surface area contributed by atoms with Gasteiger partial charge in [-0.25, -0.2) is 4.79 Å². The van der Waals surface area contributed by atoms with Crippen LogP contribution in [0, 0.1) is 0 Å². The second-order valence-electron chi connectivity index (χ2n) is 5.14. The quantitative estimate of drug-likeness (QED) is 0.865. The number of carboxylic acids is 1. The number of hydrogen-bond donors (Lipinski definition) is 1. The van der Waals surface area contributed by atoms with Crippen LogP contribution in [0.25, 0.3) is 0 Å². The average molecular weight is 292 g/mol. The first-order valence-corrected chi connectivity index (χ1v) is 6.87. The molecule has 2 aliphatic rings. The molecule has 0 unspecified atom stereocenters. The number of hydrogen-bond acceptors (Lipinski definition) is 5. The number of carboxylic acid groups (broad SMARTS) is 1. The molecule has 0 saturated carbocycles. The van der Waals surface area contributed by atoms with E-state index in [1.807, 2.05) is 0 Å². The van der Waals surface area contributed by atoms with Crippen LogP contribution in [-0.4, -0.2) is 59.0 Å². The Morgan fingerprint density at radius 2 is 2.10 bits per heavy atom. The number of carbonyl (C=O) groups excluding carboxylic acids is 1. The number of aromatic nitrogens is 1. The first-order chi connectivity index (χ1) is 10.1. The Hall–Kier alpha value is -1.99. The summed E-state index contributed by atoms with van der Waals surface area (Å²) in [6.45, 7) is 1.89. The van der Waals surface area contributed by atoms with E-state index in [4.69, 9.17) is 14.6 Å². The summed E-state index contributed by atoms with van der Waals surface area (Å²) in [6.07, 6.45) is 2.91. The van der Waals surface area contributed by atoms with Gasteiger partial charge in [0.1, 0.15) is 5.69 Å². The van der Waals surface area contributed by atoms with Crippen molar-refractivity contribution in [2.75, 3.05) is 26.3 Å².